The van der Waals surface area contributed by atoms with E-state index in [1.54, 1.807) is 38.1 Å². The molecule has 2 amide bonds. The Kier molecular flexibility index (Phi) is 6.06. The molecule has 0 spiro atoms. The Labute approximate surface area is 229 Å². The van der Waals surface area contributed by atoms with E-state index in [1.807, 2.05) is 48.5 Å². The van der Waals surface area contributed by atoms with Crippen LogP contribution in [-0.2, 0) is 19.1 Å². The fourth-order valence-electron chi connectivity index (χ4n) is 6.59. The highest BCUT2D eigenvalue weighted by molar-refractivity contribution is 9.10. The van der Waals surface area contributed by atoms with Crippen LogP contribution in [0.3, 0.4) is 0 Å². The molecule has 4 aliphatic rings. The molecule has 1 heterocycles. The van der Waals surface area contributed by atoms with Gasteiger partial charge in [0.25, 0.3) is 0 Å². The van der Waals surface area contributed by atoms with Gasteiger partial charge in [-0.2, -0.15) is 0 Å². The number of nitrogens with zero attached hydrogens (tertiary/aromatic N) is 1. The van der Waals surface area contributed by atoms with Crippen molar-refractivity contribution in [2.75, 3.05) is 6.61 Å². The van der Waals surface area contributed by atoms with Gasteiger partial charge in [0.2, 0.25) is 11.8 Å². The first kappa shape index (κ1) is 24.7. The van der Waals surface area contributed by atoms with Gasteiger partial charge in [-0.05, 0) is 40.3 Å². The van der Waals surface area contributed by atoms with Crippen molar-refractivity contribution in [3.63, 3.8) is 0 Å². The molecule has 3 aromatic carbocycles. The fraction of sp³-hybridized carbons (Fsp3) is 0.290. The number of carbonyl (C=O) groups is 4. The van der Waals surface area contributed by atoms with Gasteiger partial charge in [-0.25, -0.2) is 4.79 Å². The predicted molar refractivity (Wildman–Crippen MR) is 143 cm³/mol. The van der Waals surface area contributed by atoms with E-state index in [0.29, 0.717) is 5.56 Å². The van der Waals surface area contributed by atoms with Gasteiger partial charge in [0.15, 0.2) is 12.4 Å². The molecule has 0 aromatic heterocycles. The molecule has 6 nitrogen and oxygen atoms in total. The van der Waals surface area contributed by atoms with Crippen LogP contribution >= 0.6 is 15.9 Å². The minimum atomic E-state index is -1.11. The molecule has 38 heavy (non-hydrogen) atoms. The minimum Gasteiger partial charge on any atom is -0.456 e. The second-order valence-electron chi connectivity index (χ2n) is 10.5. The number of halogens is 1. The maximum atomic E-state index is 14.0. The summed E-state index contributed by atoms with van der Waals surface area (Å²) in [6.07, 6.45) is 0. The zero-order valence-electron chi connectivity index (χ0n) is 21.0. The Balaban J connectivity index is 1.31. The van der Waals surface area contributed by atoms with E-state index in [9.17, 15) is 19.2 Å². The Bertz CT molecular complexity index is 1360. The third-order valence-corrected chi connectivity index (χ3v) is 8.67. The van der Waals surface area contributed by atoms with Gasteiger partial charge in [0.1, 0.15) is 6.04 Å². The Hall–Kier alpha value is -3.58. The molecule has 7 rings (SSSR count). The lowest BCUT2D eigenvalue weighted by molar-refractivity contribution is -0.160. The number of carbonyl (C=O) groups excluding carboxylic acids is 4. The third-order valence-electron chi connectivity index (χ3n) is 8.15. The van der Waals surface area contributed by atoms with Gasteiger partial charge in [0.05, 0.1) is 11.8 Å². The first-order valence-electron chi connectivity index (χ1n) is 12.8. The lowest BCUT2D eigenvalue weighted by Crippen LogP contribution is -2.49. The zero-order valence-corrected chi connectivity index (χ0v) is 22.6. The van der Waals surface area contributed by atoms with Gasteiger partial charge in [-0.15, -0.1) is 0 Å². The number of amides is 2. The van der Waals surface area contributed by atoms with E-state index in [2.05, 4.69) is 15.9 Å². The van der Waals surface area contributed by atoms with Crippen molar-refractivity contribution in [3.8, 4) is 0 Å². The SMILES string of the molecule is CC(C)[C@H](C(=O)OCC(=O)c1ccc(Br)cc1)N1C(=O)[C@@H]2C3c4ccccc4C(c4ccccc43)[C@@H]2C1=O. The summed E-state index contributed by atoms with van der Waals surface area (Å²) in [4.78, 5) is 55.2. The Morgan fingerprint density at radius 3 is 1.66 bits per heavy atom. The second-order valence-corrected chi connectivity index (χ2v) is 11.5. The maximum Gasteiger partial charge on any atom is 0.330 e. The van der Waals surface area contributed by atoms with Crippen LogP contribution in [0, 0.1) is 17.8 Å². The minimum absolute atomic E-state index is 0.248. The van der Waals surface area contributed by atoms with E-state index in [1.165, 1.54) is 0 Å². The lowest BCUT2D eigenvalue weighted by atomic mass is 9.55. The normalized spacial score (nSPS) is 23.6. The molecule has 3 aliphatic carbocycles. The number of ether oxygens (including phenoxy) is 1. The largest absolute Gasteiger partial charge is 0.456 e. The molecular formula is C31H26BrNO5. The Morgan fingerprint density at radius 1 is 0.789 bits per heavy atom. The van der Waals surface area contributed by atoms with E-state index >= 15 is 0 Å². The predicted octanol–water partition coefficient (Wildman–Crippen LogP) is 5.09. The smallest absolute Gasteiger partial charge is 0.330 e. The monoisotopic (exact) mass is 571 g/mol. The van der Waals surface area contributed by atoms with Crippen LogP contribution in [0.1, 0.15) is 58.3 Å². The van der Waals surface area contributed by atoms with Crippen molar-refractivity contribution in [1.82, 2.24) is 4.90 Å². The average Bonchev–Trinajstić information content (AvgIpc) is 3.18. The highest BCUT2D eigenvalue weighted by atomic mass is 79.9. The summed E-state index contributed by atoms with van der Waals surface area (Å²) >= 11 is 3.33. The van der Waals surface area contributed by atoms with Crippen LogP contribution in [0.25, 0.3) is 0 Å². The highest BCUT2D eigenvalue weighted by Crippen LogP contribution is 2.61. The van der Waals surface area contributed by atoms with Gasteiger partial charge in [-0.3, -0.25) is 19.3 Å². The molecule has 2 bridgehead atoms. The summed E-state index contributed by atoms with van der Waals surface area (Å²) in [5, 5.41) is 0. The van der Waals surface area contributed by atoms with Gasteiger partial charge in [0, 0.05) is 21.9 Å². The maximum absolute atomic E-state index is 14.0. The topological polar surface area (TPSA) is 80.8 Å². The molecule has 1 saturated heterocycles. The van der Waals surface area contributed by atoms with E-state index in [-0.39, 0.29) is 35.4 Å². The molecule has 0 saturated carbocycles. The number of likely N-dealkylation sites (tertiary alicyclic amines) is 1. The molecule has 0 unspecified atom stereocenters. The molecule has 3 atom stereocenters. The number of benzene rings is 3. The van der Waals surface area contributed by atoms with E-state index < -0.39 is 30.5 Å². The second kappa shape index (κ2) is 9.31. The van der Waals surface area contributed by atoms with Crippen LogP contribution in [0.2, 0.25) is 0 Å². The number of esters is 1. The average molecular weight is 572 g/mol. The van der Waals surface area contributed by atoms with Crippen LogP contribution in [0.4, 0.5) is 0 Å². The highest BCUT2D eigenvalue weighted by Gasteiger charge is 2.63. The van der Waals surface area contributed by atoms with Gasteiger partial charge in [-0.1, -0.05) is 90.4 Å². The van der Waals surface area contributed by atoms with Crippen LogP contribution < -0.4 is 0 Å². The van der Waals surface area contributed by atoms with Crippen molar-refractivity contribution in [3.05, 3.63) is 105 Å². The van der Waals surface area contributed by atoms with Gasteiger partial charge < -0.3 is 4.74 Å². The third kappa shape index (κ3) is 3.67. The number of ketones is 1. The standard InChI is InChI=1S/C31H26BrNO5/c1-16(2)28(31(37)38-15-23(34)17-11-13-18(32)14-12-17)33-29(35)26-24-19-7-3-4-8-20(19)25(27(26)30(33)36)22-10-6-5-9-21(22)24/h3-14,16,24-28H,15H2,1-2H3/t24?,25?,26-,27+,28-/m1/s1. The summed E-state index contributed by atoms with van der Waals surface area (Å²) in [5.74, 6) is -3.81. The van der Waals surface area contributed by atoms with Gasteiger partial charge >= 0.3 is 5.97 Å². The number of hydrogen-bond donors (Lipinski definition) is 0. The summed E-state index contributed by atoms with van der Waals surface area (Å²) in [5.41, 5.74) is 4.70. The summed E-state index contributed by atoms with van der Waals surface area (Å²) < 4.78 is 6.25. The first-order valence-corrected chi connectivity index (χ1v) is 13.6. The number of hydrogen-bond acceptors (Lipinski definition) is 5. The summed E-state index contributed by atoms with van der Waals surface area (Å²) in [6.45, 7) is 3.10. The fourth-order valence-corrected chi connectivity index (χ4v) is 6.86. The van der Waals surface area contributed by atoms with Crippen LogP contribution in [-0.4, -0.2) is 41.1 Å². The first-order chi connectivity index (χ1) is 18.3. The van der Waals surface area contributed by atoms with Crippen molar-refractivity contribution in [2.45, 2.75) is 31.7 Å². The van der Waals surface area contributed by atoms with E-state index in [4.69, 9.17) is 4.74 Å². The van der Waals surface area contributed by atoms with Crippen molar-refractivity contribution >= 4 is 39.5 Å². The number of rotatable bonds is 6. The zero-order chi connectivity index (χ0) is 26.7. The van der Waals surface area contributed by atoms with Crippen LogP contribution in [0.15, 0.2) is 77.3 Å². The molecule has 0 N–H and O–H groups in total. The van der Waals surface area contributed by atoms with Crippen molar-refractivity contribution in [1.29, 1.82) is 0 Å². The molecule has 0 radical (unpaired) electrons. The molecule has 1 fully saturated rings. The Morgan fingerprint density at radius 2 is 1.24 bits per heavy atom. The molecular weight excluding hydrogens is 546 g/mol. The number of imide groups is 1. The van der Waals surface area contributed by atoms with Crippen LogP contribution in [0.5, 0.6) is 0 Å². The quantitative estimate of drug-likeness (QED) is 0.234. The lowest BCUT2D eigenvalue weighted by Gasteiger charge is -2.45. The molecule has 192 valence electrons. The summed E-state index contributed by atoms with van der Waals surface area (Å²) in [6, 6.07) is 21.7. The summed E-state index contributed by atoms with van der Waals surface area (Å²) in [7, 11) is 0. The van der Waals surface area contributed by atoms with Crippen molar-refractivity contribution < 1.29 is 23.9 Å². The molecule has 1 aliphatic heterocycles. The van der Waals surface area contributed by atoms with Crippen molar-refractivity contribution in [2.24, 2.45) is 17.8 Å². The molecule has 7 heteroatoms. The number of Topliss-reactive ketones (excluding diaryl/α,β-unsaturated/α-hetero) is 1. The molecule has 3 aromatic rings. The van der Waals surface area contributed by atoms with E-state index in [0.717, 1.165) is 31.6 Å².